The predicted molar refractivity (Wildman–Crippen MR) is 73.3 cm³/mol. The number of hydrogen-bond acceptors (Lipinski definition) is 3. The van der Waals surface area contributed by atoms with Gasteiger partial charge < -0.3 is 10.1 Å². The molecule has 1 saturated carbocycles. The highest BCUT2D eigenvalue weighted by Gasteiger charge is 2.32. The molecule has 0 unspecified atom stereocenters. The molecule has 0 aromatic heterocycles. The van der Waals surface area contributed by atoms with Crippen molar-refractivity contribution in [2.45, 2.75) is 63.3 Å². The maximum Gasteiger partial charge on any atom is 0.0604 e. The quantitative estimate of drug-likeness (QED) is 0.710. The molecule has 1 aliphatic rings. The molecule has 1 aliphatic carbocycles. The SMILES string of the molecule is CCOC1CC(NCC(CC)(CC)SC)C1. The normalized spacial score (nSPS) is 25.5. The Balaban J connectivity index is 2.20. The summed E-state index contributed by atoms with van der Waals surface area (Å²) in [6, 6.07) is 0.696. The lowest BCUT2D eigenvalue weighted by Crippen LogP contribution is -2.50. The van der Waals surface area contributed by atoms with Gasteiger partial charge in [-0.05, 0) is 38.9 Å². The van der Waals surface area contributed by atoms with E-state index in [1.165, 1.54) is 25.7 Å². The maximum absolute atomic E-state index is 5.57. The topological polar surface area (TPSA) is 21.3 Å². The van der Waals surface area contributed by atoms with Crippen LogP contribution in [0.25, 0.3) is 0 Å². The summed E-state index contributed by atoms with van der Waals surface area (Å²) >= 11 is 2.01. The smallest absolute Gasteiger partial charge is 0.0604 e. The first-order valence-corrected chi connectivity index (χ1v) is 7.82. The summed E-state index contributed by atoms with van der Waals surface area (Å²) in [5.74, 6) is 0. The minimum absolute atomic E-state index is 0.441. The fourth-order valence-electron chi connectivity index (χ4n) is 2.30. The Kier molecular flexibility index (Phi) is 6.16. The van der Waals surface area contributed by atoms with Gasteiger partial charge in [-0.15, -0.1) is 0 Å². The van der Waals surface area contributed by atoms with Crippen molar-refractivity contribution in [2.24, 2.45) is 0 Å². The van der Waals surface area contributed by atoms with E-state index in [9.17, 15) is 0 Å². The number of nitrogens with one attached hydrogen (secondary N) is 1. The Labute approximate surface area is 105 Å². The van der Waals surface area contributed by atoms with E-state index in [0.29, 0.717) is 16.9 Å². The van der Waals surface area contributed by atoms with Crippen molar-refractivity contribution in [1.82, 2.24) is 5.32 Å². The second-order valence-electron chi connectivity index (χ2n) is 4.72. The molecule has 0 spiro atoms. The lowest BCUT2D eigenvalue weighted by atomic mass is 9.88. The van der Waals surface area contributed by atoms with Gasteiger partial charge in [0.2, 0.25) is 0 Å². The van der Waals surface area contributed by atoms with Gasteiger partial charge in [-0.25, -0.2) is 0 Å². The van der Waals surface area contributed by atoms with E-state index in [2.05, 4.69) is 32.3 Å². The van der Waals surface area contributed by atoms with E-state index >= 15 is 0 Å². The zero-order valence-electron chi connectivity index (χ0n) is 11.2. The molecule has 0 saturated heterocycles. The molecule has 0 aromatic carbocycles. The van der Waals surface area contributed by atoms with Crippen molar-refractivity contribution < 1.29 is 4.74 Å². The molecule has 0 radical (unpaired) electrons. The number of hydrogen-bond donors (Lipinski definition) is 1. The lowest BCUT2D eigenvalue weighted by Gasteiger charge is -2.39. The van der Waals surface area contributed by atoms with Crippen molar-refractivity contribution in [3.63, 3.8) is 0 Å². The first-order valence-electron chi connectivity index (χ1n) is 6.59. The second-order valence-corrected chi connectivity index (χ2v) is 6.00. The van der Waals surface area contributed by atoms with Crippen LogP contribution >= 0.6 is 11.8 Å². The fraction of sp³-hybridized carbons (Fsp3) is 1.00. The summed E-state index contributed by atoms with van der Waals surface area (Å²) in [5, 5.41) is 3.70. The highest BCUT2D eigenvalue weighted by atomic mass is 32.2. The predicted octanol–water partition coefficient (Wildman–Crippen LogP) is 3.07. The van der Waals surface area contributed by atoms with E-state index in [0.717, 1.165) is 13.2 Å². The molecular formula is C13H27NOS. The Morgan fingerprint density at radius 2 is 1.88 bits per heavy atom. The molecule has 3 heteroatoms. The van der Waals surface area contributed by atoms with Crippen molar-refractivity contribution in [3.05, 3.63) is 0 Å². The number of ether oxygens (including phenoxy) is 1. The average molecular weight is 245 g/mol. The molecule has 0 atom stereocenters. The van der Waals surface area contributed by atoms with Crippen LogP contribution in [0, 0.1) is 0 Å². The number of thioether (sulfide) groups is 1. The van der Waals surface area contributed by atoms with Crippen LogP contribution in [-0.4, -0.2) is 36.3 Å². The molecule has 96 valence electrons. The van der Waals surface area contributed by atoms with Crippen molar-refractivity contribution in [1.29, 1.82) is 0 Å². The Morgan fingerprint density at radius 1 is 1.25 bits per heavy atom. The first kappa shape index (κ1) is 14.3. The Hall–Kier alpha value is 0.270. The van der Waals surface area contributed by atoms with E-state index < -0.39 is 0 Å². The molecular weight excluding hydrogens is 218 g/mol. The van der Waals surface area contributed by atoms with E-state index in [1.807, 2.05) is 11.8 Å². The first-order chi connectivity index (χ1) is 7.69. The van der Waals surface area contributed by atoms with Gasteiger partial charge >= 0.3 is 0 Å². The summed E-state index contributed by atoms with van der Waals surface area (Å²) in [5.41, 5.74) is 0. The molecule has 1 rings (SSSR count). The van der Waals surface area contributed by atoms with Gasteiger partial charge in [0.25, 0.3) is 0 Å². The van der Waals surface area contributed by atoms with Gasteiger partial charge in [0.1, 0.15) is 0 Å². The monoisotopic (exact) mass is 245 g/mol. The molecule has 0 bridgehead atoms. The second kappa shape index (κ2) is 6.87. The standard InChI is InChI=1S/C13H27NOS/c1-5-13(6-2,16-4)10-14-11-8-12(9-11)15-7-3/h11-12,14H,5-10H2,1-4H3. The third-order valence-electron chi connectivity index (χ3n) is 3.93. The van der Waals surface area contributed by atoms with Gasteiger partial charge in [0.05, 0.1) is 6.10 Å². The van der Waals surface area contributed by atoms with Gasteiger partial charge in [0, 0.05) is 23.9 Å². The number of rotatable bonds is 8. The molecule has 0 amide bonds. The third-order valence-corrected chi connectivity index (χ3v) is 5.52. The zero-order chi connectivity index (χ0) is 12.0. The Morgan fingerprint density at radius 3 is 2.31 bits per heavy atom. The fourth-order valence-corrected chi connectivity index (χ4v) is 3.10. The van der Waals surface area contributed by atoms with Gasteiger partial charge in [-0.3, -0.25) is 0 Å². The van der Waals surface area contributed by atoms with Crippen LogP contribution in [0.1, 0.15) is 46.5 Å². The van der Waals surface area contributed by atoms with Crippen LogP contribution in [0.2, 0.25) is 0 Å². The van der Waals surface area contributed by atoms with Gasteiger partial charge in [-0.1, -0.05) is 13.8 Å². The molecule has 0 aliphatic heterocycles. The summed E-state index contributed by atoms with van der Waals surface area (Å²) in [6.45, 7) is 8.67. The van der Waals surface area contributed by atoms with Crippen LogP contribution in [0.15, 0.2) is 0 Å². The largest absolute Gasteiger partial charge is 0.378 e. The van der Waals surface area contributed by atoms with Crippen molar-refractivity contribution in [3.8, 4) is 0 Å². The van der Waals surface area contributed by atoms with E-state index in [-0.39, 0.29) is 0 Å². The Bertz CT molecular complexity index is 180. The molecule has 1 N–H and O–H groups in total. The lowest BCUT2D eigenvalue weighted by molar-refractivity contribution is -0.0103. The molecule has 1 fully saturated rings. The molecule has 2 nitrogen and oxygen atoms in total. The van der Waals surface area contributed by atoms with Gasteiger partial charge in [-0.2, -0.15) is 11.8 Å². The van der Waals surface area contributed by atoms with E-state index in [1.54, 1.807) is 0 Å². The summed E-state index contributed by atoms with van der Waals surface area (Å²) < 4.78 is 6.01. The summed E-state index contributed by atoms with van der Waals surface area (Å²) in [6.07, 6.45) is 7.66. The van der Waals surface area contributed by atoms with Crippen LogP contribution in [0.5, 0.6) is 0 Å². The molecule has 0 heterocycles. The van der Waals surface area contributed by atoms with Crippen molar-refractivity contribution in [2.75, 3.05) is 19.4 Å². The maximum atomic E-state index is 5.57. The highest BCUT2D eigenvalue weighted by molar-refractivity contribution is 8.00. The minimum atomic E-state index is 0.441. The minimum Gasteiger partial charge on any atom is -0.378 e. The van der Waals surface area contributed by atoms with E-state index in [4.69, 9.17) is 4.74 Å². The molecule has 0 aromatic rings. The van der Waals surface area contributed by atoms with Gasteiger partial charge in [0.15, 0.2) is 0 Å². The molecule has 16 heavy (non-hydrogen) atoms. The third kappa shape index (κ3) is 3.64. The van der Waals surface area contributed by atoms with Crippen molar-refractivity contribution >= 4 is 11.8 Å². The average Bonchev–Trinajstić information content (AvgIpc) is 2.27. The summed E-state index contributed by atoms with van der Waals surface area (Å²) in [7, 11) is 0. The van der Waals surface area contributed by atoms with Crippen LogP contribution in [0.4, 0.5) is 0 Å². The zero-order valence-corrected chi connectivity index (χ0v) is 12.0. The van der Waals surface area contributed by atoms with Crippen LogP contribution in [0.3, 0.4) is 0 Å². The summed E-state index contributed by atoms with van der Waals surface area (Å²) in [4.78, 5) is 0. The highest BCUT2D eigenvalue weighted by Crippen LogP contribution is 2.31. The van der Waals surface area contributed by atoms with Crippen LogP contribution in [-0.2, 0) is 4.74 Å². The van der Waals surface area contributed by atoms with Crippen LogP contribution < -0.4 is 5.32 Å².